The molecule has 3 nitrogen and oxygen atoms in total. The number of alkyl halides is 3. The van der Waals surface area contributed by atoms with Crippen LogP contribution < -0.4 is 10.6 Å². The molecule has 1 aromatic rings. The van der Waals surface area contributed by atoms with Gasteiger partial charge in [0.25, 0.3) is 0 Å². The molecule has 7 heteroatoms. The first kappa shape index (κ1) is 15.1. The molecule has 1 aromatic heterocycles. The molecule has 0 radical (unpaired) electrons. The van der Waals surface area contributed by atoms with Crippen LogP contribution in [0.1, 0.15) is 49.7 Å². The Labute approximate surface area is 126 Å². The monoisotopic (exact) mass is 319 g/mol. The summed E-state index contributed by atoms with van der Waals surface area (Å²) >= 11 is 1.35. The van der Waals surface area contributed by atoms with E-state index in [-0.39, 0.29) is 17.5 Å². The fraction of sp³-hybridized carbons (Fsp3) is 0.786. The summed E-state index contributed by atoms with van der Waals surface area (Å²) in [4.78, 5) is 6.90. The second-order valence-corrected chi connectivity index (χ2v) is 7.94. The number of thiazole rings is 1. The van der Waals surface area contributed by atoms with Crippen molar-refractivity contribution in [3.05, 3.63) is 10.6 Å². The second-order valence-electron chi connectivity index (χ2n) is 6.93. The number of halogens is 3. The van der Waals surface area contributed by atoms with Gasteiger partial charge < -0.3 is 10.6 Å². The minimum Gasteiger partial charge on any atom is -0.336 e. The van der Waals surface area contributed by atoms with E-state index in [1.807, 2.05) is 0 Å². The number of hydrogen-bond acceptors (Lipinski definition) is 4. The summed E-state index contributed by atoms with van der Waals surface area (Å²) in [5.74, 6) is 0. The first-order chi connectivity index (χ1) is 9.65. The third-order valence-electron chi connectivity index (χ3n) is 4.05. The van der Waals surface area contributed by atoms with Crippen LogP contribution in [0.2, 0.25) is 0 Å². The number of fused-ring (bicyclic) bond motifs is 1. The van der Waals surface area contributed by atoms with Crippen LogP contribution in [0.3, 0.4) is 0 Å². The molecule has 2 aliphatic rings. The van der Waals surface area contributed by atoms with Crippen LogP contribution in [0, 0.1) is 5.41 Å². The predicted octanol–water partition coefficient (Wildman–Crippen LogP) is 3.65. The van der Waals surface area contributed by atoms with Crippen LogP contribution in [-0.2, 0) is 6.42 Å². The highest BCUT2D eigenvalue weighted by Crippen LogP contribution is 2.45. The third-order valence-corrected chi connectivity index (χ3v) is 5.32. The van der Waals surface area contributed by atoms with E-state index in [1.54, 1.807) is 0 Å². The third kappa shape index (κ3) is 3.34. The molecule has 1 heterocycles. The molecule has 0 saturated heterocycles. The molecular formula is C14H20F3N3S. The van der Waals surface area contributed by atoms with Gasteiger partial charge in [-0.3, -0.25) is 0 Å². The lowest BCUT2D eigenvalue weighted by Crippen LogP contribution is -2.35. The zero-order valence-electron chi connectivity index (χ0n) is 12.2. The molecule has 1 saturated carbocycles. The Kier molecular flexibility index (Phi) is 3.48. The molecule has 3 rings (SSSR count). The summed E-state index contributed by atoms with van der Waals surface area (Å²) in [7, 11) is 0. The molecule has 2 aliphatic carbocycles. The van der Waals surface area contributed by atoms with Gasteiger partial charge in [-0.2, -0.15) is 13.2 Å². The lowest BCUT2D eigenvalue weighted by Gasteiger charge is -2.32. The van der Waals surface area contributed by atoms with Crippen LogP contribution >= 0.6 is 11.3 Å². The van der Waals surface area contributed by atoms with Crippen LogP contribution in [0.4, 0.5) is 18.3 Å². The highest BCUT2D eigenvalue weighted by molar-refractivity contribution is 7.15. The van der Waals surface area contributed by atoms with Crippen molar-refractivity contribution in [1.82, 2.24) is 4.98 Å². The average molecular weight is 319 g/mol. The maximum atomic E-state index is 12.8. The van der Waals surface area contributed by atoms with E-state index in [2.05, 4.69) is 18.8 Å². The van der Waals surface area contributed by atoms with Crippen molar-refractivity contribution in [3.63, 3.8) is 0 Å². The van der Waals surface area contributed by atoms with E-state index in [4.69, 9.17) is 5.73 Å². The first-order valence-electron chi connectivity index (χ1n) is 7.23. The van der Waals surface area contributed by atoms with E-state index in [9.17, 15) is 13.2 Å². The van der Waals surface area contributed by atoms with Gasteiger partial charge in [-0.1, -0.05) is 25.2 Å². The molecule has 2 N–H and O–H groups in total. The standard InChI is InChI=1S/C14H20F3N3S/c1-13(2)5-9(18)11-10(6-13)19-12(21-11)20(8-3-4-8)7-14(15,16)17/h8-9H,3-7,18H2,1-2H3. The van der Waals surface area contributed by atoms with Crippen LogP contribution in [0.5, 0.6) is 0 Å². The van der Waals surface area contributed by atoms with Gasteiger partial charge in [-0.05, 0) is 31.1 Å². The fourth-order valence-corrected chi connectivity index (χ4v) is 4.19. The highest BCUT2D eigenvalue weighted by Gasteiger charge is 2.41. The number of aromatic nitrogens is 1. The van der Waals surface area contributed by atoms with Crippen molar-refractivity contribution >= 4 is 16.5 Å². The molecule has 0 aliphatic heterocycles. The first-order valence-corrected chi connectivity index (χ1v) is 8.05. The minimum absolute atomic E-state index is 0.0107. The quantitative estimate of drug-likeness (QED) is 0.925. The van der Waals surface area contributed by atoms with Gasteiger partial charge in [-0.15, -0.1) is 0 Å². The van der Waals surface area contributed by atoms with Crippen molar-refractivity contribution in [2.24, 2.45) is 11.1 Å². The number of rotatable bonds is 3. The number of hydrogen-bond donors (Lipinski definition) is 1. The Morgan fingerprint density at radius 2 is 2.05 bits per heavy atom. The fourth-order valence-electron chi connectivity index (χ4n) is 3.04. The molecule has 1 unspecified atom stereocenters. The summed E-state index contributed by atoms with van der Waals surface area (Å²) in [5.41, 5.74) is 7.14. The Hall–Kier alpha value is -0.820. The van der Waals surface area contributed by atoms with Crippen LogP contribution in [-0.4, -0.2) is 23.7 Å². The Bertz CT molecular complexity index is 534. The van der Waals surface area contributed by atoms with Crippen LogP contribution in [0.15, 0.2) is 0 Å². The molecule has 0 aromatic carbocycles. The second kappa shape index (κ2) is 4.84. The largest absolute Gasteiger partial charge is 0.406 e. The Balaban J connectivity index is 1.89. The zero-order valence-corrected chi connectivity index (χ0v) is 13.0. The van der Waals surface area contributed by atoms with Gasteiger partial charge in [0, 0.05) is 17.0 Å². The minimum atomic E-state index is -4.20. The van der Waals surface area contributed by atoms with E-state index in [0.29, 0.717) is 5.13 Å². The molecule has 1 atom stereocenters. The maximum absolute atomic E-state index is 12.8. The van der Waals surface area contributed by atoms with Crippen molar-refractivity contribution in [3.8, 4) is 0 Å². The summed E-state index contributed by atoms with van der Waals surface area (Å²) in [6.07, 6.45) is -0.923. The summed E-state index contributed by atoms with van der Waals surface area (Å²) in [5, 5.41) is 0.493. The number of anilines is 1. The lowest BCUT2D eigenvalue weighted by atomic mass is 9.77. The highest BCUT2D eigenvalue weighted by atomic mass is 32.1. The SMILES string of the molecule is CC1(C)Cc2nc(N(CC(F)(F)F)C3CC3)sc2C(N)C1. The molecule has 0 amide bonds. The molecule has 0 bridgehead atoms. The van der Waals surface area contributed by atoms with E-state index >= 15 is 0 Å². The van der Waals surface area contributed by atoms with Gasteiger partial charge in [-0.25, -0.2) is 4.98 Å². The molecule has 21 heavy (non-hydrogen) atoms. The molecular weight excluding hydrogens is 299 g/mol. The maximum Gasteiger partial charge on any atom is 0.406 e. The van der Waals surface area contributed by atoms with E-state index < -0.39 is 12.7 Å². The average Bonchev–Trinajstić information content (AvgIpc) is 3.04. The van der Waals surface area contributed by atoms with Gasteiger partial charge >= 0.3 is 6.18 Å². The molecule has 1 fully saturated rings. The Morgan fingerprint density at radius 3 is 2.62 bits per heavy atom. The Morgan fingerprint density at radius 1 is 1.38 bits per heavy atom. The molecule has 118 valence electrons. The van der Waals surface area contributed by atoms with Crippen LogP contribution in [0.25, 0.3) is 0 Å². The van der Waals surface area contributed by atoms with Crippen molar-refractivity contribution < 1.29 is 13.2 Å². The lowest BCUT2D eigenvalue weighted by molar-refractivity contribution is -0.120. The van der Waals surface area contributed by atoms with Gasteiger partial charge in [0.15, 0.2) is 5.13 Å². The summed E-state index contributed by atoms with van der Waals surface area (Å²) in [6.45, 7) is 3.34. The normalized spacial score (nSPS) is 24.8. The van der Waals surface area contributed by atoms with Crippen molar-refractivity contribution in [2.75, 3.05) is 11.4 Å². The smallest absolute Gasteiger partial charge is 0.336 e. The summed E-state index contributed by atoms with van der Waals surface area (Å²) < 4.78 is 38.3. The summed E-state index contributed by atoms with van der Waals surface area (Å²) in [6, 6.07) is -0.120. The zero-order chi connectivity index (χ0) is 15.4. The van der Waals surface area contributed by atoms with Crippen molar-refractivity contribution in [1.29, 1.82) is 0 Å². The van der Waals surface area contributed by atoms with Crippen molar-refractivity contribution in [2.45, 2.75) is 57.8 Å². The number of nitrogens with two attached hydrogens (primary N) is 1. The van der Waals surface area contributed by atoms with Gasteiger partial charge in [0.05, 0.1) is 5.69 Å². The topological polar surface area (TPSA) is 42.2 Å². The van der Waals surface area contributed by atoms with E-state index in [0.717, 1.165) is 36.3 Å². The predicted molar refractivity (Wildman–Crippen MR) is 77.6 cm³/mol. The van der Waals surface area contributed by atoms with Gasteiger partial charge in [0.1, 0.15) is 6.54 Å². The van der Waals surface area contributed by atoms with Gasteiger partial charge in [0.2, 0.25) is 0 Å². The van der Waals surface area contributed by atoms with E-state index in [1.165, 1.54) is 16.2 Å². The molecule has 0 spiro atoms. The number of nitrogens with zero attached hydrogens (tertiary/aromatic N) is 2.